The lowest BCUT2D eigenvalue weighted by Gasteiger charge is -2.25. The Morgan fingerprint density at radius 2 is 2.10 bits per heavy atom. The van der Waals surface area contributed by atoms with E-state index in [9.17, 15) is 15.2 Å². The molecule has 0 spiro atoms. The van der Waals surface area contributed by atoms with Crippen LogP contribution in [0.2, 0.25) is 5.15 Å². The van der Waals surface area contributed by atoms with Crippen LogP contribution in [0.1, 0.15) is 60.2 Å². The summed E-state index contributed by atoms with van der Waals surface area (Å²) in [5.74, 6) is 0.957. The molecule has 0 amide bonds. The zero-order valence-corrected chi connectivity index (χ0v) is 16.2. The van der Waals surface area contributed by atoms with E-state index in [2.05, 4.69) is 16.2 Å². The maximum absolute atomic E-state index is 11.5. The fourth-order valence-electron chi connectivity index (χ4n) is 3.99. The van der Waals surface area contributed by atoms with Crippen LogP contribution in [-0.4, -0.2) is 26.0 Å². The Bertz CT molecular complexity index is 1190. The average Bonchev–Trinajstić information content (AvgIpc) is 3.48. The number of hydrogen-bond acceptors (Lipinski definition) is 5. The van der Waals surface area contributed by atoms with E-state index in [1.807, 2.05) is 6.07 Å². The van der Waals surface area contributed by atoms with Gasteiger partial charge in [0.2, 0.25) is 0 Å². The molecule has 2 heterocycles. The Morgan fingerprint density at radius 3 is 2.83 bits per heavy atom. The summed E-state index contributed by atoms with van der Waals surface area (Å²) in [6, 6.07) is 9.24. The average molecular weight is 409 g/mol. The minimum absolute atomic E-state index is 0.191. The van der Waals surface area contributed by atoms with Crippen molar-refractivity contribution >= 4 is 28.6 Å². The van der Waals surface area contributed by atoms with Crippen molar-refractivity contribution in [3.8, 4) is 11.8 Å². The predicted molar refractivity (Wildman–Crippen MR) is 105 cm³/mol. The molecular weight excluding hydrogens is 392 g/mol. The molecule has 2 aromatic heterocycles. The van der Waals surface area contributed by atoms with Gasteiger partial charge in [0, 0.05) is 11.3 Å². The van der Waals surface area contributed by atoms with Gasteiger partial charge in [-0.3, -0.25) is 0 Å². The highest BCUT2D eigenvalue weighted by molar-refractivity contribution is 6.30. The third-order valence-electron chi connectivity index (χ3n) is 5.53. The molecular formula is C21H17ClN4O3. The first-order valence-corrected chi connectivity index (χ1v) is 9.95. The predicted octanol–water partition coefficient (Wildman–Crippen LogP) is 4.82. The standard InChI is InChI=1S/C21H17ClN4O3/c22-20-13(10-23)8-12-2-1-3-17(19(12)24-20)29-14-6-7-16-15(9-14)18(11-4-5-11)25-26(16)21(27)28/h6-9,11,17H,1-5H2,(H,27,28). The van der Waals surface area contributed by atoms with Crippen molar-refractivity contribution in [2.45, 2.75) is 44.1 Å². The second-order valence-electron chi connectivity index (χ2n) is 7.51. The van der Waals surface area contributed by atoms with Crippen molar-refractivity contribution < 1.29 is 14.6 Å². The molecule has 0 radical (unpaired) electrons. The number of pyridine rings is 1. The molecule has 1 saturated carbocycles. The van der Waals surface area contributed by atoms with Crippen LogP contribution in [0.5, 0.6) is 5.75 Å². The van der Waals surface area contributed by atoms with Gasteiger partial charge >= 0.3 is 6.09 Å². The molecule has 1 atom stereocenters. The van der Waals surface area contributed by atoms with Gasteiger partial charge < -0.3 is 9.84 Å². The molecule has 7 nitrogen and oxygen atoms in total. The van der Waals surface area contributed by atoms with E-state index in [0.717, 1.165) is 59.1 Å². The fourth-order valence-corrected chi connectivity index (χ4v) is 4.18. The van der Waals surface area contributed by atoms with Crippen molar-refractivity contribution in [3.63, 3.8) is 0 Å². The Morgan fingerprint density at radius 1 is 1.28 bits per heavy atom. The van der Waals surface area contributed by atoms with Crippen LogP contribution < -0.4 is 4.74 Å². The molecule has 2 aliphatic carbocycles. The SMILES string of the molecule is N#Cc1cc2c(nc1Cl)C(Oc1ccc3c(c1)c(C1CC1)nn3C(=O)O)CCC2. The number of hydrogen-bond donors (Lipinski definition) is 1. The van der Waals surface area contributed by atoms with Crippen LogP contribution in [0, 0.1) is 11.3 Å². The fraction of sp³-hybridized carbons (Fsp3) is 0.333. The molecule has 146 valence electrons. The summed E-state index contributed by atoms with van der Waals surface area (Å²) in [4.78, 5) is 16.0. The first-order valence-electron chi connectivity index (χ1n) is 9.57. The molecule has 1 aromatic carbocycles. The Balaban J connectivity index is 1.52. The number of carbonyl (C=O) groups is 1. The minimum atomic E-state index is -1.09. The van der Waals surface area contributed by atoms with E-state index < -0.39 is 6.09 Å². The van der Waals surface area contributed by atoms with Gasteiger partial charge in [-0.2, -0.15) is 15.0 Å². The Labute approximate surface area is 171 Å². The van der Waals surface area contributed by atoms with E-state index in [0.29, 0.717) is 22.7 Å². The zero-order valence-electron chi connectivity index (χ0n) is 15.4. The number of benzene rings is 1. The van der Waals surface area contributed by atoms with Gasteiger partial charge in [0.1, 0.15) is 23.1 Å². The number of fused-ring (bicyclic) bond motifs is 2. The van der Waals surface area contributed by atoms with Crippen LogP contribution in [0.4, 0.5) is 4.79 Å². The van der Waals surface area contributed by atoms with Crippen LogP contribution in [0.15, 0.2) is 24.3 Å². The molecule has 5 rings (SSSR count). The van der Waals surface area contributed by atoms with Gasteiger partial charge in [-0.1, -0.05) is 11.6 Å². The molecule has 8 heteroatoms. The molecule has 1 fully saturated rings. The number of nitriles is 1. The van der Waals surface area contributed by atoms with Crippen molar-refractivity contribution in [2.24, 2.45) is 0 Å². The smallest absolute Gasteiger partial charge is 0.432 e. The van der Waals surface area contributed by atoms with Crippen LogP contribution in [-0.2, 0) is 6.42 Å². The van der Waals surface area contributed by atoms with Crippen LogP contribution >= 0.6 is 11.6 Å². The molecule has 0 saturated heterocycles. The summed E-state index contributed by atoms with van der Waals surface area (Å²) < 4.78 is 7.29. The summed E-state index contributed by atoms with van der Waals surface area (Å²) >= 11 is 6.15. The van der Waals surface area contributed by atoms with E-state index in [4.69, 9.17) is 16.3 Å². The van der Waals surface area contributed by atoms with Crippen molar-refractivity contribution in [1.82, 2.24) is 14.8 Å². The van der Waals surface area contributed by atoms with Gasteiger partial charge in [0.05, 0.1) is 22.5 Å². The highest BCUT2D eigenvalue weighted by Crippen LogP contribution is 2.43. The molecule has 1 N–H and O–H groups in total. The van der Waals surface area contributed by atoms with E-state index in [-0.39, 0.29) is 11.3 Å². The Hall–Kier alpha value is -3.11. The topological polar surface area (TPSA) is 101 Å². The highest BCUT2D eigenvalue weighted by atomic mass is 35.5. The molecule has 1 unspecified atom stereocenters. The zero-order chi connectivity index (χ0) is 20.1. The van der Waals surface area contributed by atoms with Crippen molar-refractivity contribution in [2.75, 3.05) is 0 Å². The second-order valence-corrected chi connectivity index (χ2v) is 7.87. The number of rotatable bonds is 3. The molecule has 2 aliphatic rings. The van der Waals surface area contributed by atoms with Crippen molar-refractivity contribution in [1.29, 1.82) is 5.26 Å². The monoisotopic (exact) mass is 408 g/mol. The molecule has 3 aromatic rings. The summed E-state index contributed by atoms with van der Waals surface area (Å²) in [5, 5.41) is 23.9. The van der Waals surface area contributed by atoms with E-state index in [1.54, 1.807) is 18.2 Å². The largest absolute Gasteiger partial charge is 0.484 e. The summed E-state index contributed by atoms with van der Waals surface area (Å²) in [6.07, 6.45) is 3.25. The van der Waals surface area contributed by atoms with Gasteiger partial charge in [0.25, 0.3) is 0 Å². The summed E-state index contributed by atoms with van der Waals surface area (Å²) in [7, 11) is 0. The van der Waals surface area contributed by atoms with Gasteiger partial charge in [-0.25, -0.2) is 9.78 Å². The number of aryl methyl sites for hydroxylation is 1. The van der Waals surface area contributed by atoms with Gasteiger partial charge in [-0.15, -0.1) is 0 Å². The minimum Gasteiger partial charge on any atom is -0.484 e. The number of aromatic nitrogens is 3. The molecule has 29 heavy (non-hydrogen) atoms. The van der Waals surface area contributed by atoms with Crippen LogP contribution in [0.25, 0.3) is 10.9 Å². The number of nitrogens with zero attached hydrogens (tertiary/aromatic N) is 4. The molecule has 0 aliphatic heterocycles. The third-order valence-corrected chi connectivity index (χ3v) is 5.82. The quantitative estimate of drug-likeness (QED) is 0.623. The number of carboxylic acid groups (broad SMARTS) is 1. The van der Waals surface area contributed by atoms with Crippen molar-refractivity contribution in [3.05, 3.63) is 51.9 Å². The lowest BCUT2D eigenvalue weighted by Crippen LogP contribution is -2.17. The summed E-state index contributed by atoms with van der Waals surface area (Å²) in [5.41, 5.74) is 3.51. The third kappa shape index (κ3) is 3.10. The number of halogens is 1. The maximum Gasteiger partial charge on any atom is 0.432 e. The second kappa shape index (κ2) is 6.75. The van der Waals surface area contributed by atoms with E-state index >= 15 is 0 Å². The lowest BCUT2D eigenvalue weighted by atomic mass is 9.92. The highest BCUT2D eigenvalue weighted by Gasteiger charge is 2.31. The lowest BCUT2D eigenvalue weighted by molar-refractivity contribution is 0.178. The number of ether oxygens (including phenoxy) is 1. The molecule has 0 bridgehead atoms. The first kappa shape index (κ1) is 18.0. The Kier molecular flexibility index (Phi) is 4.18. The maximum atomic E-state index is 11.5. The van der Waals surface area contributed by atoms with Crippen LogP contribution in [0.3, 0.4) is 0 Å². The summed E-state index contributed by atoms with van der Waals surface area (Å²) in [6.45, 7) is 0. The normalized spacial score (nSPS) is 18.3. The van der Waals surface area contributed by atoms with Gasteiger partial charge in [0.15, 0.2) is 0 Å². The first-order chi connectivity index (χ1) is 14.0. The van der Waals surface area contributed by atoms with Gasteiger partial charge in [-0.05, 0) is 61.9 Å². The van der Waals surface area contributed by atoms with E-state index in [1.165, 1.54) is 0 Å².